The summed E-state index contributed by atoms with van der Waals surface area (Å²) in [6, 6.07) is 7.98. The molecule has 176 valence electrons. The van der Waals surface area contributed by atoms with Crippen molar-refractivity contribution in [2.24, 2.45) is 7.05 Å². The molecule has 0 radical (unpaired) electrons. The van der Waals surface area contributed by atoms with E-state index >= 15 is 0 Å². The summed E-state index contributed by atoms with van der Waals surface area (Å²) < 4.78 is 7.31. The van der Waals surface area contributed by atoms with E-state index in [1.54, 1.807) is 29.7 Å². The maximum Gasteiger partial charge on any atom is 0.266 e. The van der Waals surface area contributed by atoms with E-state index < -0.39 is 0 Å². The molecule has 0 atom stereocenters. The molecule has 0 bridgehead atoms. The quantitative estimate of drug-likeness (QED) is 0.339. The average molecular weight is 487 g/mol. The lowest BCUT2D eigenvalue weighted by Crippen LogP contribution is -2.47. The molecule has 1 amide bonds. The number of carbonyl (C=O) groups excluding carboxylic acids is 1. The Morgan fingerprint density at radius 2 is 1.88 bits per heavy atom. The zero-order valence-corrected chi connectivity index (χ0v) is 21.0. The van der Waals surface area contributed by atoms with Gasteiger partial charge in [0.1, 0.15) is 4.32 Å². The number of piperazine rings is 1. The lowest BCUT2D eigenvalue weighted by molar-refractivity contribution is -0.122. The van der Waals surface area contributed by atoms with Crippen molar-refractivity contribution in [1.82, 2.24) is 14.4 Å². The smallest absolute Gasteiger partial charge is 0.266 e. The Bertz CT molecular complexity index is 1150. The minimum Gasteiger partial charge on any atom is -0.385 e. The number of nitrogens with zero attached hydrogens (tertiary/aromatic N) is 4. The van der Waals surface area contributed by atoms with E-state index in [0.717, 1.165) is 49.3 Å². The molecule has 1 aromatic carbocycles. The van der Waals surface area contributed by atoms with Crippen LogP contribution in [0.2, 0.25) is 0 Å². The molecule has 0 N–H and O–H groups in total. The number of pyridine rings is 1. The van der Waals surface area contributed by atoms with Gasteiger partial charge in [-0.1, -0.05) is 49.1 Å². The van der Waals surface area contributed by atoms with Crippen LogP contribution in [0.1, 0.15) is 18.9 Å². The second kappa shape index (κ2) is 10.4. The molecule has 2 aliphatic rings. The number of ether oxygens (including phenoxy) is 1. The lowest BCUT2D eigenvalue weighted by atomic mass is 10.1. The number of aryl methyl sites for hydroxylation is 1. The Hall–Kier alpha value is -2.20. The summed E-state index contributed by atoms with van der Waals surface area (Å²) in [6.45, 7) is 7.83. The van der Waals surface area contributed by atoms with Crippen LogP contribution in [0, 0.1) is 0 Å². The number of hydrogen-bond acceptors (Lipinski definition) is 7. The number of benzene rings is 1. The first-order chi connectivity index (χ1) is 16.0. The van der Waals surface area contributed by atoms with E-state index in [4.69, 9.17) is 17.0 Å². The highest BCUT2D eigenvalue weighted by molar-refractivity contribution is 8.26. The standard InChI is InChI=1S/C24H30N4O3S2/c1-4-26-11-13-27(14-12-26)21-17-8-5-6-9-19(17)25(2)22(29)18(21)16-20-23(30)28(24(32)33-20)10-7-15-31-3/h5-6,8-9,16H,4,7,10-15H2,1-3H3. The van der Waals surface area contributed by atoms with Gasteiger partial charge in [-0.25, -0.2) is 0 Å². The highest BCUT2D eigenvalue weighted by Gasteiger charge is 2.33. The van der Waals surface area contributed by atoms with Gasteiger partial charge in [-0.2, -0.15) is 0 Å². The third-order valence-corrected chi connectivity index (χ3v) is 7.70. The molecule has 0 aliphatic carbocycles. The lowest BCUT2D eigenvalue weighted by Gasteiger charge is -2.37. The first-order valence-corrected chi connectivity index (χ1v) is 12.5. The molecular weight excluding hydrogens is 456 g/mol. The largest absolute Gasteiger partial charge is 0.385 e. The van der Waals surface area contributed by atoms with Gasteiger partial charge in [0.05, 0.1) is 21.7 Å². The zero-order chi connectivity index (χ0) is 23.5. The summed E-state index contributed by atoms with van der Waals surface area (Å²) in [4.78, 5) is 33.5. The molecule has 4 rings (SSSR count). The first-order valence-electron chi connectivity index (χ1n) is 11.3. The summed E-state index contributed by atoms with van der Waals surface area (Å²) in [5.74, 6) is -0.141. The summed E-state index contributed by atoms with van der Waals surface area (Å²) in [6.07, 6.45) is 2.47. The minimum absolute atomic E-state index is 0.105. The van der Waals surface area contributed by atoms with Crippen molar-refractivity contribution >= 4 is 56.9 Å². The number of rotatable bonds is 7. The van der Waals surface area contributed by atoms with Gasteiger partial charge in [-0.3, -0.25) is 14.5 Å². The number of carbonyl (C=O) groups is 1. The number of likely N-dealkylation sites (N-methyl/N-ethyl adjacent to an activating group) is 1. The normalized spacial score (nSPS) is 18.8. The van der Waals surface area contributed by atoms with Crippen LogP contribution >= 0.6 is 24.0 Å². The van der Waals surface area contributed by atoms with E-state index in [-0.39, 0.29) is 11.5 Å². The highest BCUT2D eigenvalue weighted by Crippen LogP contribution is 2.36. The van der Waals surface area contributed by atoms with Crippen LogP contribution in [0.5, 0.6) is 0 Å². The molecule has 0 saturated carbocycles. The molecular formula is C24H30N4O3S2. The van der Waals surface area contributed by atoms with Crippen LogP contribution in [0.15, 0.2) is 34.0 Å². The van der Waals surface area contributed by atoms with Gasteiger partial charge in [-0.15, -0.1) is 0 Å². The number of thiocarbonyl (C=S) groups is 1. The summed E-state index contributed by atoms with van der Waals surface area (Å²) >= 11 is 6.73. The van der Waals surface area contributed by atoms with Gasteiger partial charge in [0.2, 0.25) is 0 Å². The number of aromatic nitrogens is 1. The highest BCUT2D eigenvalue weighted by atomic mass is 32.2. The van der Waals surface area contributed by atoms with E-state index in [1.165, 1.54) is 11.8 Å². The van der Waals surface area contributed by atoms with Crippen LogP contribution in [-0.4, -0.2) is 77.6 Å². The van der Waals surface area contributed by atoms with Crippen molar-refractivity contribution in [3.63, 3.8) is 0 Å². The fraction of sp³-hybridized carbons (Fsp3) is 0.458. The maximum atomic E-state index is 13.5. The Morgan fingerprint density at radius 3 is 2.58 bits per heavy atom. The van der Waals surface area contributed by atoms with Gasteiger partial charge < -0.3 is 19.1 Å². The molecule has 9 heteroatoms. The first kappa shape index (κ1) is 23.9. The van der Waals surface area contributed by atoms with Crippen LogP contribution in [-0.2, 0) is 16.6 Å². The number of methoxy groups -OCH3 is 1. The second-order valence-electron chi connectivity index (χ2n) is 8.24. The van der Waals surface area contributed by atoms with Crippen molar-refractivity contribution in [1.29, 1.82) is 0 Å². The van der Waals surface area contributed by atoms with Gasteiger partial charge in [-0.05, 0) is 25.1 Å². The van der Waals surface area contributed by atoms with E-state index in [9.17, 15) is 9.59 Å². The third-order valence-electron chi connectivity index (χ3n) is 6.33. The zero-order valence-electron chi connectivity index (χ0n) is 19.4. The molecule has 33 heavy (non-hydrogen) atoms. The Labute approximate surface area is 204 Å². The van der Waals surface area contributed by atoms with Gasteiger partial charge in [0.25, 0.3) is 11.5 Å². The van der Waals surface area contributed by atoms with Crippen LogP contribution in [0.25, 0.3) is 17.0 Å². The van der Waals surface area contributed by atoms with Gasteiger partial charge in [0, 0.05) is 58.9 Å². The second-order valence-corrected chi connectivity index (χ2v) is 9.92. The van der Waals surface area contributed by atoms with Crippen molar-refractivity contribution < 1.29 is 9.53 Å². The molecule has 2 aliphatic heterocycles. The van der Waals surface area contributed by atoms with Crippen molar-refractivity contribution in [3.05, 3.63) is 45.1 Å². The average Bonchev–Trinajstić information content (AvgIpc) is 3.10. The minimum atomic E-state index is -0.141. The predicted molar refractivity (Wildman–Crippen MR) is 140 cm³/mol. The molecule has 3 heterocycles. The van der Waals surface area contributed by atoms with Crippen LogP contribution < -0.4 is 10.5 Å². The van der Waals surface area contributed by atoms with E-state index in [0.29, 0.717) is 34.4 Å². The number of thioether (sulfide) groups is 1. The topological polar surface area (TPSA) is 58.0 Å². The molecule has 2 saturated heterocycles. The number of amides is 1. The van der Waals surface area contributed by atoms with E-state index in [1.807, 2.05) is 18.2 Å². The van der Waals surface area contributed by atoms with E-state index in [2.05, 4.69) is 22.8 Å². The van der Waals surface area contributed by atoms with Gasteiger partial charge >= 0.3 is 0 Å². The molecule has 2 aromatic rings. The molecule has 7 nitrogen and oxygen atoms in total. The SMILES string of the molecule is CCN1CCN(c2c(C=C3SC(=S)N(CCCOC)C3=O)c(=O)n(C)c3ccccc23)CC1. The Kier molecular flexibility index (Phi) is 7.53. The monoisotopic (exact) mass is 486 g/mol. The fourth-order valence-electron chi connectivity index (χ4n) is 4.45. The van der Waals surface area contributed by atoms with Crippen molar-refractivity contribution in [3.8, 4) is 0 Å². The van der Waals surface area contributed by atoms with Gasteiger partial charge in [0.15, 0.2) is 0 Å². The Balaban J connectivity index is 1.79. The van der Waals surface area contributed by atoms with Crippen molar-refractivity contribution in [2.75, 3.05) is 57.9 Å². The number of fused-ring (bicyclic) bond motifs is 1. The number of para-hydroxylation sites is 1. The summed E-state index contributed by atoms with van der Waals surface area (Å²) in [5.41, 5.74) is 2.25. The molecule has 0 unspecified atom stereocenters. The van der Waals surface area contributed by atoms with Crippen molar-refractivity contribution in [2.45, 2.75) is 13.3 Å². The summed E-state index contributed by atoms with van der Waals surface area (Å²) in [5, 5.41) is 1.02. The van der Waals surface area contributed by atoms with Crippen LogP contribution in [0.3, 0.4) is 0 Å². The predicted octanol–water partition coefficient (Wildman–Crippen LogP) is 2.92. The Morgan fingerprint density at radius 1 is 1.15 bits per heavy atom. The summed E-state index contributed by atoms with van der Waals surface area (Å²) in [7, 11) is 3.43. The number of hydrogen-bond donors (Lipinski definition) is 0. The third kappa shape index (κ3) is 4.73. The maximum absolute atomic E-state index is 13.5. The van der Waals surface area contributed by atoms with Crippen LogP contribution in [0.4, 0.5) is 5.69 Å². The molecule has 0 spiro atoms. The fourth-order valence-corrected chi connectivity index (χ4v) is 5.74. The molecule has 1 aromatic heterocycles. The molecule has 2 fully saturated rings. The number of anilines is 1.